The molecule has 0 N–H and O–H groups in total. The molecule has 3 nitrogen and oxygen atoms in total. The number of rotatable bonds is 3. The van der Waals surface area contributed by atoms with Crippen molar-refractivity contribution in [2.45, 2.75) is 38.5 Å². The van der Waals surface area contributed by atoms with Crippen molar-refractivity contribution in [2.75, 3.05) is 0 Å². The van der Waals surface area contributed by atoms with Crippen molar-refractivity contribution in [3.8, 4) is 11.5 Å². The molecular weight excluding hydrogens is 330 g/mol. The first kappa shape index (κ1) is 16.2. The van der Waals surface area contributed by atoms with Crippen LogP contribution in [0.3, 0.4) is 0 Å². The van der Waals surface area contributed by atoms with Crippen molar-refractivity contribution in [3.05, 3.63) is 76.2 Å². The predicted molar refractivity (Wildman–Crippen MR) is 101 cm³/mol. The molecule has 0 saturated carbocycles. The maximum Gasteiger partial charge on any atom is 0.178 e. The Morgan fingerprint density at radius 3 is 2.68 bits per heavy atom. The van der Waals surface area contributed by atoms with Gasteiger partial charge in [-0.1, -0.05) is 42.3 Å². The average Bonchev–Trinajstić information content (AvgIpc) is 2.89. The summed E-state index contributed by atoms with van der Waals surface area (Å²) in [6, 6.07) is 13.9. The fraction of sp³-hybridized carbons (Fsp3) is 0.286. The molecule has 3 aromatic rings. The summed E-state index contributed by atoms with van der Waals surface area (Å²) >= 11 is 6.27. The normalized spacial score (nSPS) is 14.0. The van der Waals surface area contributed by atoms with Gasteiger partial charge in [-0.2, -0.15) is 0 Å². The van der Waals surface area contributed by atoms with Crippen molar-refractivity contribution in [2.24, 2.45) is 0 Å². The third-order valence-electron chi connectivity index (χ3n) is 4.68. The highest BCUT2D eigenvalue weighted by Gasteiger charge is 2.13. The largest absolute Gasteiger partial charge is 0.249 e. The van der Waals surface area contributed by atoms with E-state index in [2.05, 4.69) is 4.98 Å². The van der Waals surface area contributed by atoms with Crippen LogP contribution in [0.1, 0.15) is 41.8 Å². The van der Waals surface area contributed by atoms with Crippen LogP contribution in [0.5, 0.6) is 0 Å². The Balaban J connectivity index is 1.63. The quantitative estimate of drug-likeness (QED) is 0.621. The molecule has 0 aliphatic heterocycles. The molecule has 0 amide bonds. The van der Waals surface area contributed by atoms with E-state index in [1.54, 1.807) is 0 Å². The number of hydrogen-bond donors (Lipinski definition) is 0. The van der Waals surface area contributed by atoms with Gasteiger partial charge in [0, 0.05) is 29.0 Å². The fourth-order valence-electron chi connectivity index (χ4n) is 3.31. The summed E-state index contributed by atoms with van der Waals surface area (Å²) in [4.78, 5) is 14.1. The van der Waals surface area contributed by atoms with Gasteiger partial charge in [0.25, 0.3) is 0 Å². The Labute approximate surface area is 153 Å². The number of hydrogen-bond acceptors (Lipinski definition) is 3. The minimum Gasteiger partial charge on any atom is -0.249 e. The second kappa shape index (κ2) is 7.32. The van der Waals surface area contributed by atoms with E-state index in [9.17, 15) is 0 Å². The molecule has 126 valence electrons. The van der Waals surface area contributed by atoms with Crippen LogP contribution in [-0.4, -0.2) is 15.0 Å². The molecule has 0 atom stereocenters. The van der Waals surface area contributed by atoms with Crippen molar-refractivity contribution < 1.29 is 0 Å². The zero-order valence-electron chi connectivity index (χ0n) is 14.1. The van der Waals surface area contributed by atoms with E-state index in [4.69, 9.17) is 21.6 Å². The van der Waals surface area contributed by atoms with E-state index in [1.807, 2.05) is 48.7 Å². The highest BCUT2D eigenvalue weighted by atomic mass is 35.5. The molecule has 0 spiro atoms. The van der Waals surface area contributed by atoms with Gasteiger partial charge >= 0.3 is 0 Å². The van der Waals surface area contributed by atoms with Gasteiger partial charge in [0.15, 0.2) is 5.82 Å². The molecule has 4 rings (SSSR count). The van der Waals surface area contributed by atoms with Gasteiger partial charge in [0.2, 0.25) is 0 Å². The SMILES string of the molecule is Clc1ccccc1Cc1cccc(-c2ncc3c(n2)CCCCC3)n1. The topological polar surface area (TPSA) is 38.7 Å². The number of benzene rings is 1. The number of halogens is 1. The minimum atomic E-state index is 0.707. The van der Waals surface area contributed by atoms with E-state index >= 15 is 0 Å². The van der Waals surface area contributed by atoms with Gasteiger partial charge in [-0.15, -0.1) is 0 Å². The lowest BCUT2D eigenvalue weighted by molar-refractivity contribution is 0.709. The Hall–Kier alpha value is -2.26. The Morgan fingerprint density at radius 2 is 1.76 bits per heavy atom. The van der Waals surface area contributed by atoms with Gasteiger partial charge in [0.05, 0.1) is 0 Å². The minimum absolute atomic E-state index is 0.707. The third-order valence-corrected chi connectivity index (χ3v) is 5.05. The van der Waals surface area contributed by atoms with Crippen molar-refractivity contribution in [1.82, 2.24) is 15.0 Å². The standard InChI is InChI=1S/C21H20ClN3/c22-18-10-5-4-7-15(18)13-17-9-6-12-20(24-17)21-23-14-16-8-2-1-3-11-19(16)25-21/h4-7,9-10,12,14H,1-3,8,11,13H2. The monoisotopic (exact) mass is 349 g/mol. The summed E-state index contributed by atoms with van der Waals surface area (Å²) in [6.07, 6.45) is 8.56. The highest BCUT2D eigenvalue weighted by Crippen LogP contribution is 2.22. The van der Waals surface area contributed by atoms with Crippen molar-refractivity contribution in [1.29, 1.82) is 0 Å². The van der Waals surface area contributed by atoms with Crippen LogP contribution in [-0.2, 0) is 19.3 Å². The zero-order valence-corrected chi connectivity index (χ0v) is 14.8. The fourth-order valence-corrected chi connectivity index (χ4v) is 3.52. The van der Waals surface area contributed by atoms with Crippen LogP contribution in [0.4, 0.5) is 0 Å². The smallest absolute Gasteiger partial charge is 0.178 e. The Bertz CT molecular complexity index is 892. The van der Waals surface area contributed by atoms with Crippen LogP contribution in [0.25, 0.3) is 11.5 Å². The maximum absolute atomic E-state index is 6.27. The molecule has 1 aliphatic carbocycles. The molecule has 0 fully saturated rings. The number of aryl methyl sites for hydroxylation is 2. The summed E-state index contributed by atoms with van der Waals surface area (Å²) < 4.78 is 0. The van der Waals surface area contributed by atoms with E-state index in [0.717, 1.165) is 40.6 Å². The number of nitrogens with zero attached hydrogens (tertiary/aromatic N) is 3. The average molecular weight is 350 g/mol. The molecule has 0 bridgehead atoms. The van der Waals surface area contributed by atoms with E-state index in [0.29, 0.717) is 6.42 Å². The molecule has 2 heterocycles. The van der Waals surface area contributed by atoms with Crippen LogP contribution in [0.15, 0.2) is 48.7 Å². The first-order chi connectivity index (χ1) is 12.3. The first-order valence-electron chi connectivity index (χ1n) is 8.84. The lowest BCUT2D eigenvalue weighted by Crippen LogP contribution is -2.02. The first-order valence-corrected chi connectivity index (χ1v) is 9.22. The lowest BCUT2D eigenvalue weighted by atomic mass is 10.1. The molecule has 4 heteroatoms. The number of aromatic nitrogens is 3. The summed E-state index contributed by atoms with van der Waals surface area (Å²) in [6.45, 7) is 0. The molecule has 0 unspecified atom stereocenters. The summed E-state index contributed by atoms with van der Waals surface area (Å²) in [5.41, 5.74) is 5.38. The van der Waals surface area contributed by atoms with Crippen molar-refractivity contribution >= 4 is 11.6 Å². The summed E-state index contributed by atoms with van der Waals surface area (Å²) in [5, 5.41) is 0.774. The van der Waals surface area contributed by atoms with Gasteiger partial charge < -0.3 is 0 Å². The molecule has 25 heavy (non-hydrogen) atoms. The van der Waals surface area contributed by atoms with E-state index in [-0.39, 0.29) is 0 Å². The van der Waals surface area contributed by atoms with Gasteiger partial charge in [-0.3, -0.25) is 0 Å². The molecular formula is C21H20ClN3. The van der Waals surface area contributed by atoms with Crippen molar-refractivity contribution in [3.63, 3.8) is 0 Å². The summed E-state index contributed by atoms with van der Waals surface area (Å²) in [7, 11) is 0. The van der Waals surface area contributed by atoms with Crippen LogP contribution >= 0.6 is 11.6 Å². The Kier molecular flexibility index (Phi) is 4.75. The second-order valence-electron chi connectivity index (χ2n) is 6.51. The van der Waals surface area contributed by atoms with E-state index < -0.39 is 0 Å². The molecule has 1 aromatic carbocycles. The molecule has 2 aromatic heterocycles. The molecule has 0 radical (unpaired) electrons. The highest BCUT2D eigenvalue weighted by molar-refractivity contribution is 6.31. The van der Waals surface area contributed by atoms with E-state index in [1.165, 1.54) is 30.5 Å². The lowest BCUT2D eigenvalue weighted by Gasteiger charge is -2.08. The zero-order chi connectivity index (χ0) is 17.1. The van der Waals surface area contributed by atoms with Gasteiger partial charge in [-0.05, 0) is 55.0 Å². The third kappa shape index (κ3) is 3.72. The van der Waals surface area contributed by atoms with Crippen LogP contribution in [0.2, 0.25) is 5.02 Å². The van der Waals surface area contributed by atoms with Gasteiger partial charge in [-0.25, -0.2) is 15.0 Å². The molecule has 0 saturated heterocycles. The number of pyridine rings is 1. The van der Waals surface area contributed by atoms with Crippen LogP contribution < -0.4 is 0 Å². The van der Waals surface area contributed by atoms with Crippen LogP contribution in [0, 0.1) is 0 Å². The van der Waals surface area contributed by atoms with Gasteiger partial charge in [0.1, 0.15) is 5.69 Å². The summed E-state index contributed by atoms with van der Waals surface area (Å²) in [5.74, 6) is 0.724. The maximum atomic E-state index is 6.27. The number of fused-ring (bicyclic) bond motifs is 1. The second-order valence-corrected chi connectivity index (χ2v) is 6.92. The predicted octanol–water partition coefficient (Wildman–Crippen LogP) is 5.05. The Morgan fingerprint density at radius 1 is 0.880 bits per heavy atom. The molecule has 1 aliphatic rings.